The second kappa shape index (κ2) is 8.59. The lowest BCUT2D eigenvalue weighted by atomic mass is 10.1. The van der Waals surface area contributed by atoms with E-state index in [1.165, 1.54) is 5.56 Å². The number of likely N-dealkylation sites (N-methyl/N-ethyl adjacent to an activating group) is 1. The predicted molar refractivity (Wildman–Crippen MR) is 97.4 cm³/mol. The van der Waals surface area contributed by atoms with Gasteiger partial charge < -0.3 is 15.1 Å². The van der Waals surface area contributed by atoms with E-state index in [0.29, 0.717) is 5.95 Å². The lowest BCUT2D eigenvalue weighted by Gasteiger charge is -2.34. The fourth-order valence-corrected chi connectivity index (χ4v) is 2.95. The molecule has 0 spiro atoms. The van der Waals surface area contributed by atoms with Crippen LogP contribution in [0.2, 0.25) is 0 Å². The van der Waals surface area contributed by atoms with Crippen LogP contribution in [0, 0.1) is 0 Å². The van der Waals surface area contributed by atoms with E-state index in [1.807, 2.05) is 6.07 Å². The second-order valence-electron chi connectivity index (χ2n) is 6.08. The Labute approximate surface area is 143 Å². The molecular weight excluding hydrogens is 300 g/mol. The SMILES string of the molecule is CCN1CCN(c2cnnc(NCCCc3ccccc3)n2)CC1. The maximum atomic E-state index is 4.61. The molecule has 2 aromatic rings. The van der Waals surface area contributed by atoms with Crippen LogP contribution in [0.5, 0.6) is 0 Å². The molecule has 3 rings (SSSR count). The summed E-state index contributed by atoms with van der Waals surface area (Å²) in [5, 5.41) is 11.5. The topological polar surface area (TPSA) is 57.2 Å². The largest absolute Gasteiger partial charge is 0.353 e. The summed E-state index contributed by atoms with van der Waals surface area (Å²) in [5.41, 5.74) is 1.36. The van der Waals surface area contributed by atoms with E-state index in [2.05, 4.69) is 61.5 Å². The van der Waals surface area contributed by atoms with Crippen molar-refractivity contribution >= 4 is 11.8 Å². The summed E-state index contributed by atoms with van der Waals surface area (Å²) in [7, 11) is 0. The lowest BCUT2D eigenvalue weighted by molar-refractivity contribution is 0.270. The van der Waals surface area contributed by atoms with Crippen molar-refractivity contribution in [3.05, 3.63) is 42.1 Å². The first-order chi connectivity index (χ1) is 11.8. The van der Waals surface area contributed by atoms with Crippen molar-refractivity contribution in [3.8, 4) is 0 Å². The van der Waals surface area contributed by atoms with Gasteiger partial charge in [-0.2, -0.15) is 10.1 Å². The Kier molecular flexibility index (Phi) is 5.96. The average molecular weight is 326 g/mol. The number of hydrogen-bond acceptors (Lipinski definition) is 6. The van der Waals surface area contributed by atoms with Crippen LogP contribution in [0.15, 0.2) is 36.5 Å². The molecule has 1 aromatic carbocycles. The minimum Gasteiger partial charge on any atom is -0.353 e. The van der Waals surface area contributed by atoms with Gasteiger partial charge in [0.05, 0.1) is 6.20 Å². The normalized spacial score (nSPS) is 15.5. The zero-order chi connectivity index (χ0) is 16.6. The van der Waals surface area contributed by atoms with Crippen LogP contribution in [0.1, 0.15) is 18.9 Å². The predicted octanol–water partition coefficient (Wildman–Crippen LogP) is 2.06. The number of nitrogens with one attached hydrogen (secondary N) is 1. The van der Waals surface area contributed by atoms with Gasteiger partial charge in [-0.1, -0.05) is 37.3 Å². The Morgan fingerprint density at radius 3 is 2.62 bits per heavy atom. The molecule has 1 aliphatic rings. The van der Waals surface area contributed by atoms with Gasteiger partial charge in [0.2, 0.25) is 5.95 Å². The third kappa shape index (κ3) is 4.64. The molecule has 1 saturated heterocycles. The number of rotatable bonds is 7. The first-order valence-corrected chi connectivity index (χ1v) is 8.80. The number of hydrogen-bond donors (Lipinski definition) is 1. The molecule has 1 aromatic heterocycles. The minimum absolute atomic E-state index is 0.624. The molecule has 0 atom stereocenters. The molecule has 24 heavy (non-hydrogen) atoms. The van der Waals surface area contributed by atoms with Crippen LogP contribution in [0.25, 0.3) is 0 Å². The van der Waals surface area contributed by atoms with Crippen molar-refractivity contribution in [1.29, 1.82) is 0 Å². The van der Waals surface area contributed by atoms with Gasteiger partial charge in [0.15, 0.2) is 5.82 Å². The monoisotopic (exact) mass is 326 g/mol. The molecule has 0 bridgehead atoms. The summed E-state index contributed by atoms with van der Waals surface area (Å²) in [6.07, 6.45) is 3.86. The number of aryl methyl sites for hydroxylation is 1. The van der Waals surface area contributed by atoms with E-state index >= 15 is 0 Å². The molecule has 0 saturated carbocycles. The number of anilines is 2. The summed E-state index contributed by atoms with van der Waals surface area (Å²) in [6, 6.07) is 10.5. The quantitative estimate of drug-likeness (QED) is 0.786. The smallest absolute Gasteiger partial charge is 0.244 e. The van der Waals surface area contributed by atoms with Crippen molar-refractivity contribution in [2.75, 3.05) is 49.5 Å². The van der Waals surface area contributed by atoms with Gasteiger partial charge in [0.1, 0.15) is 0 Å². The molecule has 6 heteroatoms. The summed E-state index contributed by atoms with van der Waals surface area (Å²) in [5.74, 6) is 1.55. The van der Waals surface area contributed by atoms with Gasteiger partial charge in [-0.25, -0.2) is 0 Å². The Bertz CT molecular complexity index is 610. The molecule has 0 aliphatic carbocycles. The first-order valence-electron chi connectivity index (χ1n) is 8.80. The number of nitrogens with zero attached hydrogens (tertiary/aromatic N) is 5. The van der Waals surface area contributed by atoms with Crippen molar-refractivity contribution in [2.45, 2.75) is 19.8 Å². The van der Waals surface area contributed by atoms with Crippen LogP contribution in [-0.4, -0.2) is 59.3 Å². The summed E-state index contributed by atoms with van der Waals surface area (Å²) in [6.45, 7) is 8.34. The van der Waals surface area contributed by atoms with Crippen LogP contribution in [0.3, 0.4) is 0 Å². The average Bonchev–Trinajstić information content (AvgIpc) is 2.66. The Balaban J connectivity index is 1.47. The number of piperazine rings is 1. The fourth-order valence-electron chi connectivity index (χ4n) is 2.95. The molecule has 1 fully saturated rings. The van der Waals surface area contributed by atoms with Crippen molar-refractivity contribution < 1.29 is 0 Å². The van der Waals surface area contributed by atoms with E-state index in [9.17, 15) is 0 Å². The highest BCUT2D eigenvalue weighted by molar-refractivity contribution is 5.40. The Morgan fingerprint density at radius 2 is 1.88 bits per heavy atom. The number of aromatic nitrogens is 3. The second-order valence-corrected chi connectivity index (χ2v) is 6.08. The summed E-state index contributed by atoms with van der Waals surface area (Å²) >= 11 is 0. The zero-order valence-corrected chi connectivity index (χ0v) is 14.4. The molecule has 1 aliphatic heterocycles. The van der Waals surface area contributed by atoms with Crippen molar-refractivity contribution in [2.24, 2.45) is 0 Å². The van der Waals surface area contributed by atoms with Crippen LogP contribution in [0.4, 0.5) is 11.8 Å². The van der Waals surface area contributed by atoms with Crippen LogP contribution in [-0.2, 0) is 6.42 Å². The first kappa shape index (κ1) is 16.6. The van der Waals surface area contributed by atoms with Crippen molar-refractivity contribution in [1.82, 2.24) is 20.1 Å². The van der Waals surface area contributed by atoms with E-state index in [0.717, 1.165) is 57.9 Å². The lowest BCUT2D eigenvalue weighted by Crippen LogP contribution is -2.46. The maximum absolute atomic E-state index is 4.61. The minimum atomic E-state index is 0.624. The zero-order valence-electron chi connectivity index (χ0n) is 14.4. The van der Waals surface area contributed by atoms with E-state index in [4.69, 9.17) is 0 Å². The molecule has 0 amide bonds. The van der Waals surface area contributed by atoms with E-state index in [1.54, 1.807) is 6.20 Å². The van der Waals surface area contributed by atoms with Gasteiger partial charge >= 0.3 is 0 Å². The molecule has 2 heterocycles. The summed E-state index contributed by atoms with van der Waals surface area (Å²) in [4.78, 5) is 9.35. The third-order valence-corrected chi connectivity index (χ3v) is 4.46. The molecule has 0 unspecified atom stereocenters. The Morgan fingerprint density at radius 1 is 1.08 bits per heavy atom. The van der Waals surface area contributed by atoms with Gasteiger partial charge in [-0.05, 0) is 24.9 Å². The molecule has 6 nitrogen and oxygen atoms in total. The van der Waals surface area contributed by atoms with Crippen LogP contribution < -0.4 is 10.2 Å². The van der Waals surface area contributed by atoms with Gasteiger partial charge in [-0.3, -0.25) is 0 Å². The highest BCUT2D eigenvalue weighted by Gasteiger charge is 2.17. The number of benzene rings is 1. The van der Waals surface area contributed by atoms with E-state index in [-0.39, 0.29) is 0 Å². The molecule has 128 valence electrons. The molecule has 0 radical (unpaired) electrons. The van der Waals surface area contributed by atoms with Gasteiger partial charge in [0, 0.05) is 32.7 Å². The maximum Gasteiger partial charge on any atom is 0.244 e. The van der Waals surface area contributed by atoms with Crippen molar-refractivity contribution in [3.63, 3.8) is 0 Å². The molecular formula is C18H26N6. The van der Waals surface area contributed by atoms with Gasteiger partial charge in [0.25, 0.3) is 0 Å². The van der Waals surface area contributed by atoms with E-state index < -0.39 is 0 Å². The Hall–Kier alpha value is -2.21. The fraction of sp³-hybridized carbons (Fsp3) is 0.500. The third-order valence-electron chi connectivity index (χ3n) is 4.46. The van der Waals surface area contributed by atoms with Crippen LogP contribution >= 0.6 is 0 Å². The standard InChI is InChI=1S/C18H26N6/c1-2-23-11-13-24(14-12-23)17-15-20-22-18(21-17)19-10-6-9-16-7-4-3-5-8-16/h3-5,7-8,15H,2,6,9-14H2,1H3,(H,19,21,22). The highest BCUT2D eigenvalue weighted by Crippen LogP contribution is 2.13. The van der Waals surface area contributed by atoms with Gasteiger partial charge in [-0.15, -0.1) is 5.10 Å². The summed E-state index contributed by atoms with van der Waals surface area (Å²) < 4.78 is 0. The highest BCUT2D eigenvalue weighted by atomic mass is 15.3. The molecule has 1 N–H and O–H groups in total.